The zero-order valence-electron chi connectivity index (χ0n) is 11.3. The van der Waals surface area contributed by atoms with Gasteiger partial charge in [0.2, 0.25) is 0 Å². The molecule has 0 fully saturated rings. The monoisotopic (exact) mass is 251 g/mol. The first-order valence-corrected chi connectivity index (χ1v) is 6.67. The number of carbonyl (C=O) groups is 1. The molecule has 0 bridgehead atoms. The minimum absolute atomic E-state index is 0.588. The van der Waals surface area contributed by atoms with E-state index in [1.807, 2.05) is 12.1 Å². The molecule has 0 radical (unpaired) electrons. The Labute approximate surface area is 112 Å². The van der Waals surface area contributed by atoms with E-state index < -0.39 is 0 Å². The first-order valence-electron chi connectivity index (χ1n) is 6.67. The summed E-state index contributed by atoms with van der Waals surface area (Å²) in [4.78, 5) is 11.0. The van der Waals surface area contributed by atoms with E-state index in [4.69, 9.17) is 0 Å². The van der Waals surface area contributed by atoms with Crippen LogP contribution in [0.3, 0.4) is 0 Å². The van der Waals surface area contributed by atoms with Gasteiger partial charge in [-0.25, -0.2) is 0 Å². The Morgan fingerprint density at radius 2 is 1.79 bits per heavy atom. The number of para-hydroxylation sites is 1. The third-order valence-corrected chi connectivity index (χ3v) is 3.48. The molecular weight excluding hydrogens is 234 g/mol. The highest BCUT2D eigenvalue weighted by Crippen LogP contribution is 2.30. The van der Waals surface area contributed by atoms with Gasteiger partial charge in [0.15, 0.2) is 0 Å². The second-order valence-electron chi connectivity index (χ2n) is 5.42. The number of hydrogen-bond donors (Lipinski definition) is 0. The van der Waals surface area contributed by atoms with Crippen LogP contribution in [0.25, 0.3) is 21.8 Å². The van der Waals surface area contributed by atoms with Gasteiger partial charge < -0.3 is 4.57 Å². The van der Waals surface area contributed by atoms with Crippen molar-refractivity contribution in [3.63, 3.8) is 0 Å². The summed E-state index contributed by atoms with van der Waals surface area (Å²) in [6, 6.07) is 14.3. The van der Waals surface area contributed by atoms with Gasteiger partial charge in [0.05, 0.1) is 0 Å². The average Bonchev–Trinajstić information content (AvgIpc) is 2.73. The van der Waals surface area contributed by atoms with E-state index in [2.05, 4.69) is 48.7 Å². The molecule has 0 amide bonds. The van der Waals surface area contributed by atoms with E-state index in [0.717, 1.165) is 18.4 Å². The molecule has 2 nitrogen and oxygen atoms in total. The Hall–Kier alpha value is -2.09. The standard InChI is InChI=1S/C17H17NO/c1-12(2)10-18-16-6-4-3-5-14(16)15-9-13(11-19)7-8-17(15)18/h3-9,11-12H,10H2,1-2H3. The number of benzene rings is 2. The molecule has 0 N–H and O–H groups in total. The van der Waals surface area contributed by atoms with Gasteiger partial charge in [0, 0.05) is 33.9 Å². The number of nitrogens with zero attached hydrogens (tertiary/aromatic N) is 1. The third-order valence-electron chi connectivity index (χ3n) is 3.48. The predicted molar refractivity (Wildman–Crippen MR) is 79.7 cm³/mol. The summed E-state index contributed by atoms with van der Waals surface area (Å²) in [5.74, 6) is 0.588. The van der Waals surface area contributed by atoms with E-state index in [-0.39, 0.29) is 0 Å². The highest BCUT2D eigenvalue weighted by Gasteiger charge is 2.11. The summed E-state index contributed by atoms with van der Waals surface area (Å²) in [5.41, 5.74) is 3.19. The van der Waals surface area contributed by atoms with E-state index >= 15 is 0 Å². The van der Waals surface area contributed by atoms with Crippen LogP contribution in [0.15, 0.2) is 42.5 Å². The largest absolute Gasteiger partial charge is 0.340 e. The second-order valence-corrected chi connectivity index (χ2v) is 5.42. The van der Waals surface area contributed by atoms with Crippen molar-refractivity contribution in [2.24, 2.45) is 5.92 Å². The fraction of sp³-hybridized carbons (Fsp3) is 0.235. The minimum Gasteiger partial charge on any atom is -0.340 e. The molecule has 19 heavy (non-hydrogen) atoms. The number of carbonyl (C=O) groups excluding carboxylic acids is 1. The summed E-state index contributed by atoms with van der Waals surface area (Å²) in [6.07, 6.45) is 0.911. The fourth-order valence-electron chi connectivity index (χ4n) is 2.71. The van der Waals surface area contributed by atoms with Gasteiger partial charge in [-0.3, -0.25) is 4.79 Å². The highest BCUT2D eigenvalue weighted by molar-refractivity contribution is 6.09. The SMILES string of the molecule is CC(C)Cn1c2ccccc2c2cc(C=O)ccc21. The zero-order valence-corrected chi connectivity index (χ0v) is 11.3. The molecule has 3 rings (SSSR count). The van der Waals surface area contributed by atoms with Crippen molar-refractivity contribution in [1.29, 1.82) is 0 Å². The molecule has 0 aliphatic rings. The van der Waals surface area contributed by atoms with Gasteiger partial charge in [-0.05, 0) is 30.2 Å². The van der Waals surface area contributed by atoms with E-state index in [0.29, 0.717) is 5.92 Å². The van der Waals surface area contributed by atoms with Crippen molar-refractivity contribution in [3.05, 3.63) is 48.0 Å². The van der Waals surface area contributed by atoms with E-state index in [1.54, 1.807) is 0 Å². The van der Waals surface area contributed by atoms with E-state index in [1.165, 1.54) is 21.8 Å². The number of aromatic nitrogens is 1. The summed E-state index contributed by atoms with van der Waals surface area (Å²) in [6.45, 7) is 5.44. The molecule has 1 aromatic heterocycles. The quantitative estimate of drug-likeness (QED) is 0.637. The molecule has 3 aromatic rings. The molecule has 0 saturated heterocycles. The molecule has 2 heteroatoms. The minimum atomic E-state index is 0.588. The number of aldehydes is 1. The van der Waals surface area contributed by atoms with Crippen LogP contribution in [-0.2, 0) is 6.54 Å². The van der Waals surface area contributed by atoms with Crippen molar-refractivity contribution in [1.82, 2.24) is 4.57 Å². The Balaban J connectivity index is 2.40. The molecular formula is C17H17NO. The van der Waals surface area contributed by atoms with Crippen molar-refractivity contribution >= 4 is 28.1 Å². The Kier molecular flexibility index (Phi) is 2.86. The molecule has 0 spiro atoms. The molecule has 0 aliphatic carbocycles. The normalized spacial score (nSPS) is 11.5. The smallest absolute Gasteiger partial charge is 0.150 e. The second kappa shape index (κ2) is 4.54. The van der Waals surface area contributed by atoms with Crippen LogP contribution in [0.5, 0.6) is 0 Å². The van der Waals surface area contributed by atoms with Gasteiger partial charge in [-0.15, -0.1) is 0 Å². The van der Waals surface area contributed by atoms with Crippen LogP contribution in [-0.4, -0.2) is 10.9 Å². The van der Waals surface area contributed by atoms with Crippen LogP contribution in [0.1, 0.15) is 24.2 Å². The lowest BCUT2D eigenvalue weighted by molar-refractivity contribution is 0.112. The maximum atomic E-state index is 11.0. The summed E-state index contributed by atoms with van der Waals surface area (Å²) >= 11 is 0. The van der Waals surface area contributed by atoms with Crippen molar-refractivity contribution in [2.45, 2.75) is 20.4 Å². The molecule has 0 aliphatic heterocycles. The molecule has 0 unspecified atom stereocenters. The van der Waals surface area contributed by atoms with Crippen molar-refractivity contribution in [2.75, 3.05) is 0 Å². The Morgan fingerprint density at radius 1 is 1.05 bits per heavy atom. The van der Waals surface area contributed by atoms with Crippen LogP contribution in [0.2, 0.25) is 0 Å². The maximum Gasteiger partial charge on any atom is 0.150 e. The number of fused-ring (bicyclic) bond motifs is 3. The number of hydrogen-bond acceptors (Lipinski definition) is 1. The predicted octanol–water partition coefficient (Wildman–Crippen LogP) is 4.26. The summed E-state index contributed by atoms with van der Waals surface area (Å²) < 4.78 is 2.35. The molecule has 1 heterocycles. The average molecular weight is 251 g/mol. The van der Waals surface area contributed by atoms with Gasteiger partial charge in [-0.1, -0.05) is 32.0 Å². The lowest BCUT2D eigenvalue weighted by Crippen LogP contribution is -2.03. The fourth-order valence-corrected chi connectivity index (χ4v) is 2.71. The van der Waals surface area contributed by atoms with Gasteiger partial charge in [-0.2, -0.15) is 0 Å². The Bertz CT molecular complexity index is 752. The van der Waals surface area contributed by atoms with Gasteiger partial charge in [0.25, 0.3) is 0 Å². The summed E-state index contributed by atoms with van der Waals surface area (Å²) in [5, 5.41) is 2.39. The maximum absolute atomic E-state index is 11.0. The first-order chi connectivity index (χ1) is 9.20. The lowest BCUT2D eigenvalue weighted by Gasteiger charge is -2.10. The van der Waals surface area contributed by atoms with Crippen LogP contribution >= 0.6 is 0 Å². The van der Waals surface area contributed by atoms with Crippen LogP contribution < -0.4 is 0 Å². The Morgan fingerprint density at radius 3 is 2.53 bits per heavy atom. The van der Waals surface area contributed by atoms with Crippen molar-refractivity contribution in [3.8, 4) is 0 Å². The molecule has 0 saturated carbocycles. The van der Waals surface area contributed by atoms with Gasteiger partial charge >= 0.3 is 0 Å². The van der Waals surface area contributed by atoms with Crippen molar-refractivity contribution < 1.29 is 4.79 Å². The first kappa shape index (κ1) is 12.0. The lowest BCUT2D eigenvalue weighted by atomic mass is 10.1. The summed E-state index contributed by atoms with van der Waals surface area (Å²) in [7, 11) is 0. The topological polar surface area (TPSA) is 22.0 Å². The molecule has 0 atom stereocenters. The molecule has 2 aromatic carbocycles. The number of rotatable bonds is 3. The third kappa shape index (κ3) is 1.93. The van der Waals surface area contributed by atoms with Crippen LogP contribution in [0, 0.1) is 5.92 Å². The van der Waals surface area contributed by atoms with E-state index in [9.17, 15) is 4.79 Å². The zero-order chi connectivity index (χ0) is 13.4. The molecule has 96 valence electrons. The van der Waals surface area contributed by atoms with Crippen LogP contribution in [0.4, 0.5) is 0 Å². The van der Waals surface area contributed by atoms with Gasteiger partial charge in [0.1, 0.15) is 6.29 Å². The highest BCUT2D eigenvalue weighted by atomic mass is 16.1.